The highest BCUT2D eigenvalue weighted by Crippen LogP contribution is 2.18. The van der Waals surface area contributed by atoms with Crippen molar-refractivity contribution in [2.24, 2.45) is 0 Å². The Balaban J connectivity index is 2.81. The van der Waals surface area contributed by atoms with Crippen molar-refractivity contribution in [3.05, 3.63) is 40.3 Å². The van der Waals surface area contributed by atoms with Gasteiger partial charge < -0.3 is 5.73 Å². The third-order valence-electron chi connectivity index (χ3n) is 2.50. The largest absolute Gasteiger partial charge is 0.393 e. The molecule has 4 N–H and O–H groups in total. The van der Waals surface area contributed by atoms with Gasteiger partial charge in [-0.05, 0) is 19.1 Å². The van der Waals surface area contributed by atoms with Crippen LogP contribution in [0, 0.1) is 6.92 Å². The number of nitrogens with zero attached hydrogens (tertiary/aromatic N) is 1. The minimum Gasteiger partial charge on any atom is -0.393 e. The van der Waals surface area contributed by atoms with Crippen LogP contribution in [0.1, 0.15) is 5.69 Å². The van der Waals surface area contributed by atoms with E-state index in [0.29, 0.717) is 5.69 Å². The Hall–Kier alpha value is -2.06. The molecule has 96 valence electrons. The van der Waals surface area contributed by atoms with Crippen molar-refractivity contribution in [2.45, 2.75) is 11.8 Å². The Morgan fingerprint density at radius 3 is 2.44 bits per heavy atom. The molecular weight excluding hydrogens is 258 g/mol. The van der Waals surface area contributed by atoms with Gasteiger partial charge in [0.25, 0.3) is 15.7 Å². The average Bonchev–Trinajstić information content (AvgIpc) is 2.56. The van der Waals surface area contributed by atoms with Crippen LogP contribution < -0.4 is 11.3 Å². The van der Waals surface area contributed by atoms with Crippen molar-refractivity contribution in [3.63, 3.8) is 0 Å². The maximum Gasteiger partial charge on any atom is 0.296 e. The van der Waals surface area contributed by atoms with E-state index in [1.807, 2.05) is 0 Å². The molecule has 8 heteroatoms. The Kier molecular flexibility index (Phi) is 2.76. The molecule has 2 aromatic rings. The van der Waals surface area contributed by atoms with Crippen LogP contribution in [0.5, 0.6) is 0 Å². The number of aromatic amines is 1. The van der Waals surface area contributed by atoms with Crippen LogP contribution in [0.3, 0.4) is 0 Å². The van der Waals surface area contributed by atoms with Crippen LogP contribution in [-0.4, -0.2) is 22.8 Å². The molecule has 0 radical (unpaired) electrons. The molecule has 0 fully saturated rings. The summed E-state index contributed by atoms with van der Waals surface area (Å²) in [5, 5.41) is 2.64. The molecule has 0 saturated heterocycles. The molecular formula is C10H11N3O4S. The number of hydrogen-bond donors (Lipinski definition) is 3. The predicted molar refractivity (Wildman–Crippen MR) is 65.4 cm³/mol. The zero-order valence-electron chi connectivity index (χ0n) is 9.41. The van der Waals surface area contributed by atoms with Crippen LogP contribution in [0.4, 0.5) is 5.69 Å². The summed E-state index contributed by atoms with van der Waals surface area (Å²) in [7, 11) is -4.42. The topological polar surface area (TPSA) is 118 Å². The number of para-hydroxylation sites is 1. The molecule has 0 amide bonds. The number of rotatable bonds is 2. The Labute approximate surface area is 103 Å². The van der Waals surface area contributed by atoms with Crippen molar-refractivity contribution in [2.75, 3.05) is 5.73 Å². The molecule has 0 aliphatic heterocycles. The summed E-state index contributed by atoms with van der Waals surface area (Å²) in [5.41, 5.74) is 5.40. The standard InChI is InChI=1S/C10H11N3O4S/c1-6-9(11)10(14)13(12-6)7-4-2-3-5-8(7)18(15,16)17/h2-5,12H,11H2,1H3,(H,15,16,17). The molecule has 0 spiro atoms. The minimum absolute atomic E-state index is 0.000130. The van der Waals surface area contributed by atoms with Gasteiger partial charge in [0.15, 0.2) is 0 Å². The van der Waals surface area contributed by atoms with Gasteiger partial charge in [0, 0.05) is 0 Å². The molecule has 18 heavy (non-hydrogen) atoms. The first-order valence-corrected chi connectivity index (χ1v) is 6.40. The number of aromatic nitrogens is 2. The predicted octanol–water partition coefficient (Wildman–Crippen LogP) is 0.303. The molecule has 0 unspecified atom stereocenters. The second-order valence-corrected chi connectivity index (χ2v) is 5.12. The minimum atomic E-state index is -4.42. The van der Waals surface area contributed by atoms with Crippen molar-refractivity contribution in [1.82, 2.24) is 9.78 Å². The Morgan fingerprint density at radius 1 is 1.33 bits per heavy atom. The molecule has 0 saturated carbocycles. The van der Waals surface area contributed by atoms with Crippen molar-refractivity contribution >= 4 is 15.8 Å². The lowest BCUT2D eigenvalue weighted by molar-refractivity contribution is 0.482. The summed E-state index contributed by atoms with van der Waals surface area (Å²) in [6.07, 6.45) is 0. The molecule has 2 rings (SSSR count). The summed E-state index contributed by atoms with van der Waals surface area (Å²) in [5.74, 6) is 0. The number of nitrogen functional groups attached to an aromatic ring is 1. The lowest BCUT2D eigenvalue weighted by Gasteiger charge is -2.06. The van der Waals surface area contributed by atoms with E-state index in [9.17, 15) is 13.2 Å². The quantitative estimate of drug-likeness (QED) is 0.678. The zero-order valence-corrected chi connectivity index (χ0v) is 10.2. The summed E-state index contributed by atoms with van der Waals surface area (Å²) >= 11 is 0. The number of hydrogen-bond acceptors (Lipinski definition) is 4. The van der Waals surface area contributed by atoms with Crippen molar-refractivity contribution in [1.29, 1.82) is 0 Å². The smallest absolute Gasteiger partial charge is 0.296 e. The van der Waals surface area contributed by atoms with Gasteiger partial charge in [0.2, 0.25) is 0 Å². The van der Waals surface area contributed by atoms with Crippen LogP contribution in [0.2, 0.25) is 0 Å². The van der Waals surface area contributed by atoms with Gasteiger partial charge in [-0.1, -0.05) is 12.1 Å². The summed E-state index contributed by atoms with van der Waals surface area (Å²) < 4.78 is 32.5. The maximum atomic E-state index is 11.8. The Morgan fingerprint density at radius 2 is 1.94 bits per heavy atom. The first-order valence-electron chi connectivity index (χ1n) is 4.96. The molecule has 1 aromatic carbocycles. The number of aryl methyl sites for hydroxylation is 1. The second kappa shape index (κ2) is 4.00. The van der Waals surface area contributed by atoms with Crippen molar-refractivity contribution in [3.8, 4) is 5.69 Å². The molecule has 0 aliphatic rings. The van der Waals surface area contributed by atoms with E-state index in [0.717, 1.165) is 4.68 Å². The molecule has 1 heterocycles. The van der Waals surface area contributed by atoms with Crippen LogP contribution in [0.15, 0.2) is 34.0 Å². The number of nitrogens with two attached hydrogens (primary N) is 1. The molecule has 0 aliphatic carbocycles. The first-order chi connectivity index (χ1) is 8.32. The summed E-state index contributed by atoms with van der Waals surface area (Å²) in [6, 6.07) is 5.57. The van der Waals surface area contributed by atoms with Gasteiger partial charge in [-0.25, -0.2) is 4.68 Å². The monoisotopic (exact) mass is 269 g/mol. The van der Waals surface area contributed by atoms with E-state index >= 15 is 0 Å². The summed E-state index contributed by atoms with van der Waals surface area (Å²) in [6.45, 7) is 1.59. The average molecular weight is 269 g/mol. The lowest BCUT2D eigenvalue weighted by Crippen LogP contribution is -2.19. The highest BCUT2D eigenvalue weighted by Gasteiger charge is 2.19. The van der Waals surface area contributed by atoms with Gasteiger partial charge in [0.05, 0.1) is 11.4 Å². The van der Waals surface area contributed by atoms with Crippen LogP contribution in [-0.2, 0) is 10.1 Å². The first kappa shape index (κ1) is 12.4. The van der Waals surface area contributed by atoms with E-state index in [-0.39, 0.29) is 16.3 Å². The van der Waals surface area contributed by atoms with Gasteiger partial charge in [-0.2, -0.15) is 8.42 Å². The van der Waals surface area contributed by atoms with E-state index in [2.05, 4.69) is 5.10 Å². The third-order valence-corrected chi connectivity index (χ3v) is 3.40. The highest BCUT2D eigenvalue weighted by molar-refractivity contribution is 7.86. The Bertz CT molecular complexity index is 758. The number of nitrogens with one attached hydrogen (secondary N) is 1. The molecule has 0 atom stereocenters. The molecule has 0 bridgehead atoms. The highest BCUT2D eigenvalue weighted by atomic mass is 32.2. The van der Waals surface area contributed by atoms with E-state index < -0.39 is 15.7 Å². The van der Waals surface area contributed by atoms with Gasteiger partial charge >= 0.3 is 0 Å². The van der Waals surface area contributed by atoms with Gasteiger partial charge in [0.1, 0.15) is 10.6 Å². The molecule has 1 aromatic heterocycles. The van der Waals surface area contributed by atoms with Gasteiger partial charge in [-0.3, -0.25) is 14.4 Å². The third kappa shape index (κ3) is 1.91. The van der Waals surface area contributed by atoms with Gasteiger partial charge in [-0.15, -0.1) is 0 Å². The number of anilines is 1. The number of benzene rings is 1. The number of H-pyrrole nitrogens is 1. The maximum absolute atomic E-state index is 11.8. The SMILES string of the molecule is Cc1[nH]n(-c2ccccc2S(=O)(=O)O)c(=O)c1N. The van der Waals surface area contributed by atoms with E-state index in [1.165, 1.54) is 18.2 Å². The van der Waals surface area contributed by atoms with Crippen molar-refractivity contribution < 1.29 is 13.0 Å². The zero-order chi connectivity index (χ0) is 13.5. The van der Waals surface area contributed by atoms with Crippen LogP contribution >= 0.6 is 0 Å². The van der Waals surface area contributed by atoms with E-state index in [1.54, 1.807) is 13.0 Å². The second-order valence-electron chi connectivity index (χ2n) is 3.73. The fourth-order valence-electron chi connectivity index (χ4n) is 1.59. The van der Waals surface area contributed by atoms with E-state index in [4.69, 9.17) is 10.3 Å². The lowest BCUT2D eigenvalue weighted by atomic mass is 10.3. The fourth-order valence-corrected chi connectivity index (χ4v) is 2.26. The molecule has 7 nitrogen and oxygen atoms in total. The summed E-state index contributed by atoms with van der Waals surface area (Å²) in [4.78, 5) is 11.4. The van der Waals surface area contributed by atoms with Crippen LogP contribution in [0.25, 0.3) is 5.69 Å². The fraction of sp³-hybridized carbons (Fsp3) is 0.100. The normalized spacial score (nSPS) is 11.7.